The number of alkyl carbamates (subject to hydrolysis) is 3. The van der Waals surface area contributed by atoms with E-state index in [1.165, 1.54) is 0 Å². The fourth-order valence-corrected chi connectivity index (χ4v) is 4.28. The van der Waals surface area contributed by atoms with Crippen LogP contribution in [0.3, 0.4) is 0 Å². The zero-order valence-corrected chi connectivity index (χ0v) is 24.7. The molecule has 3 aromatic carbocycles. The summed E-state index contributed by atoms with van der Waals surface area (Å²) in [6.45, 7) is 4.67. The Kier molecular flexibility index (Phi) is 15.0. The van der Waals surface area contributed by atoms with E-state index in [-0.39, 0.29) is 25.9 Å². The lowest BCUT2D eigenvalue weighted by atomic mass is 10.1. The molecule has 10 heteroatoms. The average Bonchev–Trinajstić information content (AvgIpc) is 3.03. The van der Waals surface area contributed by atoms with Gasteiger partial charge in [-0.1, -0.05) is 104 Å². The second-order valence-electron chi connectivity index (χ2n) is 9.97. The largest absolute Gasteiger partial charge is 0.445 e. The van der Waals surface area contributed by atoms with E-state index >= 15 is 0 Å². The summed E-state index contributed by atoms with van der Waals surface area (Å²) in [6.07, 6.45) is 0.0625. The van der Waals surface area contributed by atoms with Gasteiger partial charge in [0.05, 0.1) is 0 Å². The molecule has 0 fully saturated rings. The highest BCUT2D eigenvalue weighted by molar-refractivity contribution is 5.68. The van der Waals surface area contributed by atoms with Crippen LogP contribution in [0.4, 0.5) is 14.4 Å². The predicted octanol–water partition coefficient (Wildman–Crippen LogP) is 5.24. The monoisotopic (exact) mass is 590 g/mol. The summed E-state index contributed by atoms with van der Waals surface area (Å²) >= 11 is 0. The molecule has 0 unspecified atom stereocenters. The summed E-state index contributed by atoms with van der Waals surface area (Å²) in [4.78, 5) is 39.1. The maximum atomic E-state index is 12.6. The maximum absolute atomic E-state index is 12.6. The van der Waals surface area contributed by atoms with Crippen molar-refractivity contribution in [3.05, 3.63) is 108 Å². The van der Waals surface area contributed by atoms with E-state index < -0.39 is 18.3 Å². The van der Waals surface area contributed by atoms with Crippen LogP contribution in [0.5, 0.6) is 0 Å². The van der Waals surface area contributed by atoms with E-state index in [4.69, 9.17) is 14.2 Å². The van der Waals surface area contributed by atoms with Gasteiger partial charge in [-0.25, -0.2) is 14.4 Å². The average molecular weight is 591 g/mol. The van der Waals surface area contributed by atoms with Crippen molar-refractivity contribution in [3.63, 3.8) is 0 Å². The van der Waals surface area contributed by atoms with Crippen LogP contribution in [0.1, 0.15) is 36.5 Å². The minimum Gasteiger partial charge on any atom is -0.445 e. The van der Waals surface area contributed by atoms with Gasteiger partial charge in [0, 0.05) is 38.8 Å². The third kappa shape index (κ3) is 14.2. The molecule has 230 valence electrons. The van der Waals surface area contributed by atoms with Crippen molar-refractivity contribution >= 4 is 18.3 Å². The van der Waals surface area contributed by atoms with Crippen LogP contribution in [-0.4, -0.2) is 61.9 Å². The van der Waals surface area contributed by atoms with Gasteiger partial charge in [0.2, 0.25) is 0 Å². The van der Waals surface area contributed by atoms with E-state index in [1.807, 2.05) is 97.9 Å². The van der Waals surface area contributed by atoms with E-state index in [0.29, 0.717) is 32.7 Å². The molecule has 0 aliphatic heterocycles. The standard InChI is InChI=1S/C33H42N4O6/c1-2-12-30(36-33(40)43-26-29-17-10-5-11-18-29)23-37(21-19-34-31(38)41-24-27-13-6-3-7-14-27)22-20-35-32(39)42-25-28-15-8-4-9-16-28/h3-11,13-18,30H,2,12,19-26H2,1H3,(H,34,38)(H,35,39)(H,36,40)/t30-/m0/s1. The molecule has 0 heterocycles. The Morgan fingerprint density at radius 1 is 0.628 bits per heavy atom. The summed E-state index contributed by atoms with van der Waals surface area (Å²) in [6, 6.07) is 28.2. The molecular formula is C33H42N4O6. The van der Waals surface area contributed by atoms with Crippen molar-refractivity contribution in [1.82, 2.24) is 20.9 Å². The minimum atomic E-state index is -0.515. The molecule has 0 aliphatic rings. The number of hydrogen-bond acceptors (Lipinski definition) is 7. The molecule has 0 aliphatic carbocycles. The Morgan fingerprint density at radius 2 is 1.02 bits per heavy atom. The predicted molar refractivity (Wildman–Crippen MR) is 164 cm³/mol. The number of nitrogens with one attached hydrogen (secondary N) is 3. The Morgan fingerprint density at radius 3 is 1.42 bits per heavy atom. The van der Waals surface area contributed by atoms with Crippen molar-refractivity contribution in [2.24, 2.45) is 0 Å². The first-order chi connectivity index (χ1) is 21.0. The normalized spacial score (nSPS) is 11.3. The number of rotatable bonds is 17. The van der Waals surface area contributed by atoms with Crippen molar-refractivity contribution in [1.29, 1.82) is 0 Å². The second kappa shape index (κ2) is 19.5. The van der Waals surface area contributed by atoms with Crippen molar-refractivity contribution in [2.45, 2.75) is 45.6 Å². The first-order valence-corrected chi connectivity index (χ1v) is 14.6. The SMILES string of the molecule is CCC[C@@H](CN(CCNC(=O)OCc1ccccc1)CCNC(=O)OCc1ccccc1)NC(=O)OCc1ccccc1. The Balaban J connectivity index is 1.48. The van der Waals surface area contributed by atoms with Gasteiger partial charge in [-0.05, 0) is 23.1 Å². The molecule has 3 N–H and O–H groups in total. The van der Waals surface area contributed by atoms with Gasteiger partial charge in [0.15, 0.2) is 0 Å². The summed E-state index contributed by atoms with van der Waals surface area (Å²) in [5.74, 6) is 0. The van der Waals surface area contributed by atoms with Crippen LogP contribution in [0, 0.1) is 0 Å². The number of ether oxygens (including phenoxy) is 3. The van der Waals surface area contributed by atoms with Crippen LogP contribution in [0.25, 0.3) is 0 Å². The van der Waals surface area contributed by atoms with Gasteiger partial charge < -0.3 is 30.2 Å². The lowest BCUT2D eigenvalue weighted by molar-refractivity contribution is 0.128. The van der Waals surface area contributed by atoms with Gasteiger partial charge in [0.25, 0.3) is 0 Å². The van der Waals surface area contributed by atoms with Crippen molar-refractivity contribution < 1.29 is 28.6 Å². The van der Waals surface area contributed by atoms with Gasteiger partial charge in [0.1, 0.15) is 19.8 Å². The number of benzene rings is 3. The Bertz CT molecular complexity index is 1150. The number of carbonyl (C=O) groups excluding carboxylic acids is 3. The number of amides is 3. The lowest BCUT2D eigenvalue weighted by Gasteiger charge is -2.28. The quantitative estimate of drug-likeness (QED) is 0.184. The molecule has 3 amide bonds. The highest BCUT2D eigenvalue weighted by Gasteiger charge is 2.18. The van der Waals surface area contributed by atoms with Crippen LogP contribution < -0.4 is 16.0 Å². The molecule has 1 atom stereocenters. The van der Waals surface area contributed by atoms with E-state index in [2.05, 4.69) is 20.9 Å². The third-order valence-electron chi connectivity index (χ3n) is 6.47. The van der Waals surface area contributed by atoms with Crippen molar-refractivity contribution in [3.8, 4) is 0 Å². The number of carbonyl (C=O) groups is 3. The second-order valence-corrected chi connectivity index (χ2v) is 9.97. The summed E-state index contributed by atoms with van der Waals surface area (Å²) in [7, 11) is 0. The molecule has 0 radical (unpaired) electrons. The zero-order valence-electron chi connectivity index (χ0n) is 24.7. The van der Waals surface area contributed by atoms with Crippen LogP contribution in [-0.2, 0) is 34.0 Å². The van der Waals surface area contributed by atoms with Gasteiger partial charge in [-0.15, -0.1) is 0 Å². The summed E-state index contributed by atoms with van der Waals surface area (Å²) in [5, 5.41) is 8.52. The fraction of sp³-hybridized carbons (Fsp3) is 0.364. The van der Waals surface area contributed by atoms with Crippen molar-refractivity contribution in [2.75, 3.05) is 32.7 Å². The van der Waals surface area contributed by atoms with E-state index in [9.17, 15) is 14.4 Å². The lowest BCUT2D eigenvalue weighted by Crippen LogP contribution is -2.48. The molecule has 0 bridgehead atoms. The molecule has 43 heavy (non-hydrogen) atoms. The molecule has 0 saturated heterocycles. The zero-order chi connectivity index (χ0) is 30.5. The summed E-state index contributed by atoms with van der Waals surface area (Å²) < 4.78 is 16.0. The maximum Gasteiger partial charge on any atom is 0.407 e. The van der Waals surface area contributed by atoms with Gasteiger partial charge in [-0.2, -0.15) is 0 Å². The number of nitrogens with zero attached hydrogens (tertiary/aromatic N) is 1. The molecule has 0 spiro atoms. The van der Waals surface area contributed by atoms with Gasteiger partial charge in [-0.3, -0.25) is 4.90 Å². The third-order valence-corrected chi connectivity index (χ3v) is 6.47. The highest BCUT2D eigenvalue weighted by Crippen LogP contribution is 2.05. The van der Waals surface area contributed by atoms with Crippen LogP contribution in [0.15, 0.2) is 91.0 Å². The minimum absolute atomic E-state index is 0.180. The molecule has 0 aromatic heterocycles. The van der Waals surface area contributed by atoms with Crippen LogP contribution in [0.2, 0.25) is 0 Å². The fourth-order valence-electron chi connectivity index (χ4n) is 4.28. The smallest absolute Gasteiger partial charge is 0.407 e. The molecule has 10 nitrogen and oxygen atoms in total. The molecule has 0 saturated carbocycles. The topological polar surface area (TPSA) is 118 Å². The molecule has 3 aromatic rings. The first kappa shape index (κ1) is 32.9. The molecular weight excluding hydrogens is 548 g/mol. The van der Waals surface area contributed by atoms with Crippen LogP contribution >= 0.6 is 0 Å². The van der Waals surface area contributed by atoms with E-state index in [1.54, 1.807) is 0 Å². The molecule has 3 rings (SSSR count). The highest BCUT2D eigenvalue weighted by atomic mass is 16.6. The Labute approximate surface area is 253 Å². The summed E-state index contributed by atoms with van der Waals surface area (Å²) in [5.41, 5.74) is 2.70. The Hall–Kier alpha value is -4.57. The number of hydrogen-bond donors (Lipinski definition) is 3. The van der Waals surface area contributed by atoms with Gasteiger partial charge >= 0.3 is 18.3 Å². The first-order valence-electron chi connectivity index (χ1n) is 14.6. The van der Waals surface area contributed by atoms with E-state index in [0.717, 1.165) is 29.5 Å².